The molecule has 1 aromatic heterocycles. The van der Waals surface area contributed by atoms with Gasteiger partial charge in [0, 0.05) is 17.3 Å². The monoisotopic (exact) mass is 432 g/mol. The van der Waals surface area contributed by atoms with Gasteiger partial charge < -0.3 is 24.8 Å². The zero-order chi connectivity index (χ0) is 21.9. The van der Waals surface area contributed by atoms with Gasteiger partial charge in [0.25, 0.3) is 5.91 Å². The molecule has 2 fully saturated rings. The molecule has 2 N–H and O–H groups in total. The summed E-state index contributed by atoms with van der Waals surface area (Å²) in [7, 11) is 1.64. The fourth-order valence-electron chi connectivity index (χ4n) is 4.10. The van der Waals surface area contributed by atoms with Gasteiger partial charge in [-0.05, 0) is 42.5 Å². The molecule has 2 saturated heterocycles. The molecule has 0 spiro atoms. The number of hydrogen-bond donors (Lipinski definition) is 2. The zero-order valence-corrected chi connectivity index (χ0v) is 17.6. The molecule has 8 heteroatoms. The zero-order valence-electron chi connectivity index (χ0n) is 17.6. The van der Waals surface area contributed by atoms with Gasteiger partial charge in [-0.2, -0.15) is 0 Å². The largest absolute Gasteiger partial charge is 0.497 e. The second-order valence-corrected chi connectivity index (χ2v) is 7.79. The maximum Gasteiger partial charge on any atom is 0.251 e. The Hall–Kier alpha value is -3.49. The lowest BCUT2D eigenvalue weighted by molar-refractivity contribution is 0.0652. The van der Waals surface area contributed by atoms with Crippen LogP contribution < -0.4 is 15.4 Å². The van der Waals surface area contributed by atoms with Crippen molar-refractivity contribution in [2.24, 2.45) is 0 Å². The van der Waals surface area contributed by atoms with E-state index >= 15 is 0 Å². The van der Waals surface area contributed by atoms with Crippen molar-refractivity contribution in [3.05, 3.63) is 72.4 Å². The third-order valence-corrected chi connectivity index (χ3v) is 5.76. The van der Waals surface area contributed by atoms with E-state index in [2.05, 4.69) is 20.6 Å². The number of rotatable bonds is 6. The molecule has 8 nitrogen and oxygen atoms in total. The van der Waals surface area contributed by atoms with Crippen molar-refractivity contribution >= 4 is 11.9 Å². The number of aromatic nitrogens is 2. The van der Waals surface area contributed by atoms with Crippen molar-refractivity contribution in [1.82, 2.24) is 15.3 Å². The molecule has 5 rings (SSSR count). The van der Waals surface area contributed by atoms with Crippen molar-refractivity contribution in [1.29, 1.82) is 0 Å². The van der Waals surface area contributed by atoms with Gasteiger partial charge in [-0.15, -0.1) is 0 Å². The maximum absolute atomic E-state index is 12.5. The Morgan fingerprint density at radius 3 is 2.44 bits per heavy atom. The number of fused-ring (bicyclic) bond motifs is 1. The van der Waals surface area contributed by atoms with Gasteiger partial charge >= 0.3 is 0 Å². The summed E-state index contributed by atoms with van der Waals surface area (Å²) in [4.78, 5) is 21.5. The Balaban J connectivity index is 1.23. The van der Waals surface area contributed by atoms with Crippen molar-refractivity contribution in [2.45, 2.75) is 24.3 Å². The van der Waals surface area contributed by atoms with Crippen LogP contribution in [-0.4, -0.2) is 60.5 Å². The van der Waals surface area contributed by atoms with E-state index in [1.807, 2.05) is 48.5 Å². The van der Waals surface area contributed by atoms with Crippen LogP contribution >= 0.6 is 0 Å². The SMILES string of the molecule is COc1ccc(-c2ccnc(N[C@@H]3CO[C@@H]4[C@@H]3OC[C@@H]4NC(=O)c3ccccc3)n2)cc1. The number of carbonyl (C=O) groups is 1. The van der Waals surface area contributed by atoms with Crippen LogP contribution in [0.2, 0.25) is 0 Å². The first-order chi connectivity index (χ1) is 15.7. The van der Waals surface area contributed by atoms with E-state index in [0.29, 0.717) is 24.7 Å². The van der Waals surface area contributed by atoms with Crippen molar-refractivity contribution in [3.8, 4) is 17.0 Å². The van der Waals surface area contributed by atoms with Gasteiger partial charge in [-0.25, -0.2) is 9.97 Å². The Morgan fingerprint density at radius 1 is 0.969 bits per heavy atom. The Morgan fingerprint density at radius 2 is 1.69 bits per heavy atom. The van der Waals surface area contributed by atoms with Crippen LogP contribution in [0.25, 0.3) is 11.3 Å². The normalized spacial score (nSPS) is 24.0. The molecule has 0 radical (unpaired) electrons. The molecule has 0 bridgehead atoms. The van der Waals surface area contributed by atoms with Crippen molar-refractivity contribution in [3.63, 3.8) is 0 Å². The van der Waals surface area contributed by atoms with E-state index in [0.717, 1.165) is 17.0 Å². The van der Waals surface area contributed by atoms with E-state index in [1.165, 1.54) is 0 Å². The fraction of sp³-hybridized carbons (Fsp3) is 0.292. The number of carbonyl (C=O) groups excluding carboxylic acids is 1. The second-order valence-electron chi connectivity index (χ2n) is 7.79. The highest BCUT2D eigenvalue weighted by Crippen LogP contribution is 2.29. The lowest BCUT2D eigenvalue weighted by Crippen LogP contribution is -2.44. The Labute approximate surface area is 185 Å². The van der Waals surface area contributed by atoms with Crippen LogP contribution in [0.3, 0.4) is 0 Å². The minimum absolute atomic E-state index is 0.107. The smallest absolute Gasteiger partial charge is 0.251 e. The highest BCUT2D eigenvalue weighted by atomic mass is 16.6. The van der Waals surface area contributed by atoms with E-state index in [9.17, 15) is 4.79 Å². The first kappa shape index (κ1) is 20.4. The maximum atomic E-state index is 12.5. The topological polar surface area (TPSA) is 94.6 Å². The van der Waals surface area contributed by atoms with Crippen LogP contribution in [0.5, 0.6) is 5.75 Å². The number of nitrogens with zero attached hydrogens (tertiary/aromatic N) is 2. The predicted molar refractivity (Wildman–Crippen MR) is 119 cm³/mol. The van der Waals surface area contributed by atoms with Gasteiger partial charge in [-0.3, -0.25) is 4.79 Å². The summed E-state index contributed by atoms with van der Waals surface area (Å²) in [5.41, 5.74) is 2.39. The van der Waals surface area contributed by atoms with Crippen molar-refractivity contribution < 1.29 is 19.0 Å². The molecular weight excluding hydrogens is 408 g/mol. The number of methoxy groups -OCH3 is 1. The Kier molecular flexibility index (Phi) is 5.70. The molecule has 0 unspecified atom stereocenters. The van der Waals surface area contributed by atoms with Gasteiger partial charge in [0.1, 0.15) is 18.0 Å². The summed E-state index contributed by atoms with van der Waals surface area (Å²) < 4.78 is 17.2. The average Bonchev–Trinajstić information content (AvgIpc) is 3.43. The number of amides is 1. The van der Waals surface area contributed by atoms with E-state index in [4.69, 9.17) is 14.2 Å². The third kappa shape index (κ3) is 4.15. The summed E-state index contributed by atoms with van der Waals surface area (Å²) in [6.07, 6.45) is 1.31. The summed E-state index contributed by atoms with van der Waals surface area (Å²) in [6, 6.07) is 18.4. The first-order valence-corrected chi connectivity index (χ1v) is 10.5. The summed E-state index contributed by atoms with van der Waals surface area (Å²) in [5, 5.41) is 6.37. The molecular formula is C24H24N4O4. The average molecular weight is 432 g/mol. The second kappa shape index (κ2) is 8.94. The van der Waals surface area contributed by atoms with Crippen LogP contribution in [0.15, 0.2) is 66.9 Å². The molecule has 4 atom stereocenters. The quantitative estimate of drug-likeness (QED) is 0.618. The molecule has 2 aliphatic rings. The fourth-order valence-corrected chi connectivity index (χ4v) is 4.10. The summed E-state index contributed by atoms with van der Waals surface area (Å²) in [6.45, 7) is 0.849. The molecule has 2 aromatic carbocycles. The standard InChI is InChI=1S/C24H24N4O4/c1-30-17-9-7-15(8-10-17)18-11-12-25-24(27-18)28-20-14-32-21-19(13-31-22(20)21)26-23(29)16-5-3-2-4-6-16/h2-12,19-22H,13-14H2,1H3,(H,26,29)(H,25,27,28)/t19-,20+,21-,22+/m0/s1. The molecule has 0 saturated carbocycles. The Bertz CT molecular complexity index is 1080. The number of ether oxygens (including phenoxy) is 3. The van der Waals surface area contributed by atoms with Gasteiger partial charge in [0.2, 0.25) is 5.95 Å². The minimum atomic E-state index is -0.218. The predicted octanol–water partition coefficient (Wildman–Crippen LogP) is 2.53. The lowest BCUT2D eigenvalue weighted by Gasteiger charge is -2.18. The third-order valence-electron chi connectivity index (χ3n) is 5.76. The highest BCUT2D eigenvalue weighted by Gasteiger charge is 2.48. The van der Waals surface area contributed by atoms with Gasteiger partial charge in [0.05, 0.1) is 38.1 Å². The number of benzene rings is 2. The van der Waals surface area contributed by atoms with Gasteiger partial charge in [-0.1, -0.05) is 18.2 Å². The molecule has 164 valence electrons. The molecule has 0 aliphatic carbocycles. The molecule has 1 amide bonds. The van der Waals surface area contributed by atoms with Crippen LogP contribution in [0.1, 0.15) is 10.4 Å². The van der Waals surface area contributed by atoms with Gasteiger partial charge in [0.15, 0.2) is 0 Å². The van der Waals surface area contributed by atoms with E-state index < -0.39 is 0 Å². The summed E-state index contributed by atoms with van der Waals surface area (Å²) in [5.74, 6) is 1.17. The highest BCUT2D eigenvalue weighted by molar-refractivity contribution is 5.94. The van der Waals surface area contributed by atoms with Crippen LogP contribution in [0, 0.1) is 0 Å². The molecule has 2 aliphatic heterocycles. The van der Waals surface area contributed by atoms with Crippen molar-refractivity contribution in [2.75, 3.05) is 25.6 Å². The van der Waals surface area contributed by atoms with E-state index in [1.54, 1.807) is 25.4 Å². The number of nitrogens with one attached hydrogen (secondary N) is 2. The minimum Gasteiger partial charge on any atom is -0.497 e. The number of anilines is 1. The first-order valence-electron chi connectivity index (χ1n) is 10.5. The number of hydrogen-bond acceptors (Lipinski definition) is 7. The molecule has 32 heavy (non-hydrogen) atoms. The molecule has 3 aromatic rings. The van der Waals surface area contributed by atoms with Crippen LogP contribution in [0.4, 0.5) is 5.95 Å². The molecule has 3 heterocycles. The lowest BCUT2D eigenvalue weighted by atomic mass is 10.1. The summed E-state index contributed by atoms with van der Waals surface area (Å²) >= 11 is 0. The van der Waals surface area contributed by atoms with E-state index in [-0.39, 0.29) is 30.2 Å². The van der Waals surface area contributed by atoms with Crippen LogP contribution in [-0.2, 0) is 9.47 Å².